The number of morpholine rings is 1. The molecule has 0 saturated carbocycles. The van der Waals surface area contributed by atoms with Gasteiger partial charge in [0.2, 0.25) is 11.3 Å². The van der Waals surface area contributed by atoms with E-state index in [-0.39, 0.29) is 6.10 Å². The summed E-state index contributed by atoms with van der Waals surface area (Å²) in [6.45, 7) is 3.55. The van der Waals surface area contributed by atoms with Crippen molar-refractivity contribution in [1.82, 2.24) is 20.3 Å². The predicted molar refractivity (Wildman–Crippen MR) is 98.3 cm³/mol. The number of hydrogen-bond acceptors (Lipinski definition) is 9. The highest BCUT2D eigenvalue weighted by Gasteiger charge is 2.27. The molecule has 1 saturated heterocycles. The Labute approximate surface area is 155 Å². The summed E-state index contributed by atoms with van der Waals surface area (Å²) >= 11 is 0. The Morgan fingerprint density at radius 1 is 1.11 bits per heavy atom. The van der Waals surface area contributed by atoms with E-state index >= 15 is 0 Å². The molecule has 0 amide bonds. The van der Waals surface area contributed by atoms with Gasteiger partial charge in [0, 0.05) is 26.6 Å². The summed E-state index contributed by atoms with van der Waals surface area (Å²) in [6.07, 6.45) is 0.951. The molecule has 4 heterocycles. The molecular weight excluding hydrogens is 348 g/mol. The fourth-order valence-corrected chi connectivity index (χ4v) is 3.61. The Morgan fingerprint density at radius 3 is 2.70 bits per heavy atom. The average molecular weight is 368 g/mol. The van der Waals surface area contributed by atoms with E-state index in [0.29, 0.717) is 31.1 Å². The SMILES string of the molecule is CN(C[C@H]1Cc2ccccc2O1)c1nc2nonc2nc1N1CCOCC1. The minimum absolute atomic E-state index is 0.0675. The molecule has 0 aliphatic carbocycles. The Hall–Kier alpha value is -2.94. The third kappa shape index (κ3) is 3.03. The van der Waals surface area contributed by atoms with Gasteiger partial charge in [0.1, 0.15) is 11.9 Å². The van der Waals surface area contributed by atoms with Crippen molar-refractivity contribution in [3.8, 4) is 5.75 Å². The summed E-state index contributed by atoms with van der Waals surface area (Å²) < 4.78 is 16.4. The molecule has 0 unspecified atom stereocenters. The van der Waals surface area contributed by atoms with Crippen LogP contribution in [0.5, 0.6) is 5.75 Å². The Bertz CT molecular complexity index is 930. The molecule has 9 nitrogen and oxygen atoms in total. The van der Waals surface area contributed by atoms with Crippen LogP contribution in [0.1, 0.15) is 5.56 Å². The first-order chi connectivity index (χ1) is 13.3. The highest BCUT2D eigenvalue weighted by atomic mass is 16.6. The number of fused-ring (bicyclic) bond motifs is 2. The molecule has 27 heavy (non-hydrogen) atoms. The largest absolute Gasteiger partial charge is 0.488 e. The molecule has 1 atom stereocenters. The standard InChI is InChI=1S/C18H20N6O3/c1-23(11-13-10-12-4-2-3-5-14(12)26-13)17-18(24-6-8-25-9-7-24)20-16-15(19-17)21-27-22-16/h2-5,13H,6-11H2,1H3/t13-/m1/s1. The van der Waals surface area contributed by atoms with Crippen molar-refractivity contribution < 1.29 is 14.1 Å². The number of anilines is 2. The van der Waals surface area contributed by atoms with Gasteiger partial charge in [0.05, 0.1) is 19.8 Å². The normalized spacial score (nSPS) is 19.1. The van der Waals surface area contributed by atoms with Gasteiger partial charge in [-0.25, -0.2) is 14.6 Å². The van der Waals surface area contributed by atoms with E-state index in [4.69, 9.17) is 14.1 Å². The second-order valence-electron chi connectivity index (χ2n) is 6.81. The van der Waals surface area contributed by atoms with Crippen molar-refractivity contribution in [3.05, 3.63) is 29.8 Å². The van der Waals surface area contributed by atoms with Crippen molar-refractivity contribution in [2.24, 2.45) is 0 Å². The van der Waals surface area contributed by atoms with Gasteiger partial charge in [-0.3, -0.25) is 0 Å². The zero-order chi connectivity index (χ0) is 18.2. The van der Waals surface area contributed by atoms with E-state index in [9.17, 15) is 0 Å². The molecule has 5 rings (SSSR count). The van der Waals surface area contributed by atoms with Crippen LogP contribution in [0.3, 0.4) is 0 Å². The maximum atomic E-state index is 6.09. The maximum Gasteiger partial charge on any atom is 0.245 e. The molecule has 2 aliphatic rings. The van der Waals surface area contributed by atoms with Crippen LogP contribution < -0.4 is 14.5 Å². The summed E-state index contributed by atoms with van der Waals surface area (Å²) in [5.74, 6) is 2.49. The van der Waals surface area contributed by atoms with Crippen molar-refractivity contribution >= 4 is 22.9 Å². The van der Waals surface area contributed by atoms with Gasteiger partial charge >= 0.3 is 0 Å². The molecule has 0 radical (unpaired) electrons. The van der Waals surface area contributed by atoms with E-state index in [1.54, 1.807) is 0 Å². The highest BCUT2D eigenvalue weighted by molar-refractivity contribution is 5.74. The molecule has 2 aliphatic heterocycles. The third-order valence-electron chi connectivity index (χ3n) is 4.94. The molecule has 3 aromatic rings. The van der Waals surface area contributed by atoms with Gasteiger partial charge in [-0.15, -0.1) is 0 Å². The van der Waals surface area contributed by atoms with Crippen LogP contribution in [-0.4, -0.2) is 66.3 Å². The van der Waals surface area contributed by atoms with Gasteiger partial charge < -0.3 is 19.3 Å². The second-order valence-corrected chi connectivity index (χ2v) is 6.81. The Balaban J connectivity index is 1.42. The first-order valence-corrected chi connectivity index (χ1v) is 9.06. The number of ether oxygens (including phenoxy) is 2. The number of hydrogen-bond donors (Lipinski definition) is 0. The monoisotopic (exact) mass is 368 g/mol. The van der Waals surface area contributed by atoms with Crippen molar-refractivity contribution in [1.29, 1.82) is 0 Å². The molecule has 0 spiro atoms. The number of benzene rings is 1. The summed E-state index contributed by atoms with van der Waals surface area (Å²) in [5, 5.41) is 7.70. The topological polar surface area (TPSA) is 89.6 Å². The summed E-state index contributed by atoms with van der Waals surface area (Å²) in [4.78, 5) is 13.6. The van der Waals surface area contributed by atoms with E-state index in [0.717, 1.165) is 36.9 Å². The average Bonchev–Trinajstić information content (AvgIpc) is 3.33. The smallest absolute Gasteiger partial charge is 0.245 e. The summed E-state index contributed by atoms with van der Waals surface area (Å²) in [7, 11) is 2.00. The van der Waals surface area contributed by atoms with Crippen molar-refractivity contribution in [2.75, 3.05) is 49.7 Å². The third-order valence-corrected chi connectivity index (χ3v) is 4.94. The van der Waals surface area contributed by atoms with Gasteiger partial charge in [-0.2, -0.15) is 0 Å². The van der Waals surface area contributed by atoms with Crippen molar-refractivity contribution in [3.63, 3.8) is 0 Å². The van der Waals surface area contributed by atoms with Crippen molar-refractivity contribution in [2.45, 2.75) is 12.5 Å². The first-order valence-electron chi connectivity index (χ1n) is 9.06. The lowest BCUT2D eigenvalue weighted by Crippen LogP contribution is -2.39. The zero-order valence-electron chi connectivity index (χ0n) is 15.0. The minimum Gasteiger partial charge on any atom is -0.488 e. The molecule has 0 bridgehead atoms. The van der Waals surface area contributed by atoms with Crippen LogP contribution in [0, 0.1) is 0 Å². The summed E-state index contributed by atoms with van der Waals surface area (Å²) in [6, 6.07) is 8.17. The quantitative estimate of drug-likeness (QED) is 0.675. The molecule has 140 valence electrons. The Kier molecular flexibility index (Phi) is 4.01. The Morgan fingerprint density at radius 2 is 1.89 bits per heavy atom. The fraction of sp³-hybridized carbons (Fsp3) is 0.444. The van der Waals surface area contributed by atoms with E-state index < -0.39 is 0 Å². The molecule has 2 aromatic heterocycles. The van der Waals surface area contributed by atoms with Crippen LogP contribution in [0.25, 0.3) is 11.3 Å². The van der Waals surface area contributed by atoms with Crippen LogP contribution in [0.2, 0.25) is 0 Å². The van der Waals surface area contributed by atoms with Gasteiger partial charge in [-0.1, -0.05) is 18.2 Å². The van der Waals surface area contributed by atoms with E-state index in [1.165, 1.54) is 5.56 Å². The molecule has 1 aromatic carbocycles. The molecular formula is C18H20N6O3. The van der Waals surface area contributed by atoms with E-state index in [1.807, 2.05) is 25.2 Å². The lowest BCUT2D eigenvalue weighted by Gasteiger charge is -2.31. The molecule has 9 heteroatoms. The van der Waals surface area contributed by atoms with Gasteiger partial charge in [0.25, 0.3) is 0 Å². The second kappa shape index (κ2) is 6.66. The highest BCUT2D eigenvalue weighted by Crippen LogP contribution is 2.31. The van der Waals surface area contributed by atoms with Gasteiger partial charge in [-0.05, 0) is 21.9 Å². The lowest BCUT2D eigenvalue weighted by atomic mass is 10.1. The number of para-hydroxylation sites is 1. The van der Waals surface area contributed by atoms with Crippen LogP contribution in [0.4, 0.5) is 11.6 Å². The van der Waals surface area contributed by atoms with Crippen LogP contribution in [0.15, 0.2) is 28.9 Å². The predicted octanol–water partition coefficient (Wildman–Crippen LogP) is 1.29. The molecule has 0 N–H and O–H groups in total. The van der Waals surface area contributed by atoms with Crippen LogP contribution >= 0.6 is 0 Å². The maximum absolute atomic E-state index is 6.09. The fourth-order valence-electron chi connectivity index (χ4n) is 3.61. The van der Waals surface area contributed by atoms with E-state index in [2.05, 4.69) is 36.1 Å². The van der Waals surface area contributed by atoms with Gasteiger partial charge in [0.15, 0.2) is 11.6 Å². The lowest BCUT2D eigenvalue weighted by molar-refractivity contribution is 0.122. The number of likely N-dealkylation sites (N-methyl/N-ethyl adjacent to an activating group) is 1. The number of rotatable bonds is 4. The number of aromatic nitrogens is 4. The first kappa shape index (κ1) is 16.2. The minimum atomic E-state index is 0.0675. The number of nitrogens with zero attached hydrogens (tertiary/aromatic N) is 6. The van der Waals surface area contributed by atoms with Crippen LogP contribution in [-0.2, 0) is 11.2 Å². The zero-order valence-corrected chi connectivity index (χ0v) is 15.0. The summed E-state index contributed by atoms with van der Waals surface area (Å²) in [5.41, 5.74) is 2.06. The molecule has 1 fully saturated rings.